The van der Waals surface area contributed by atoms with Gasteiger partial charge in [0.15, 0.2) is 0 Å². The number of imidazole rings is 2. The maximum atomic E-state index is 4.63. The fourth-order valence-electron chi connectivity index (χ4n) is 5.12. The van der Waals surface area contributed by atoms with E-state index in [1.54, 1.807) is 6.20 Å². The molecule has 0 unspecified atom stereocenters. The first-order valence-electron chi connectivity index (χ1n) is 14.7. The van der Waals surface area contributed by atoms with Crippen molar-refractivity contribution in [3.8, 4) is 33.6 Å². The lowest BCUT2D eigenvalue weighted by molar-refractivity contribution is 0.196. The Morgan fingerprint density at radius 3 is 2.14 bits per heavy atom. The molecule has 1 atom stereocenters. The molecule has 5 aromatic rings. The van der Waals surface area contributed by atoms with Crippen LogP contribution in [-0.4, -0.2) is 37.5 Å². The lowest BCUT2D eigenvalue weighted by Crippen LogP contribution is -2.37. The third-order valence-electron chi connectivity index (χ3n) is 7.42. The number of hydrazine groups is 1. The van der Waals surface area contributed by atoms with E-state index < -0.39 is 0 Å². The summed E-state index contributed by atoms with van der Waals surface area (Å²) < 4.78 is 0. The van der Waals surface area contributed by atoms with E-state index in [1.165, 1.54) is 21.9 Å². The van der Waals surface area contributed by atoms with Crippen LogP contribution in [0.4, 0.5) is 0 Å². The highest BCUT2D eigenvalue weighted by Crippen LogP contribution is 2.29. The molecule has 0 bridgehead atoms. The summed E-state index contributed by atoms with van der Waals surface area (Å²) in [6.45, 7) is 15.8. The number of rotatable bonds is 14. The summed E-state index contributed by atoms with van der Waals surface area (Å²) in [6.07, 6.45) is 8.31. The Morgan fingerprint density at radius 2 is 1.45 bits per heavy atom. The molecule has 0 aliphatic rings. The Balaban J connectivity index is 1.27. The Hall–Kier alpha value is -4.62. The monoisotopic (exact) mass is 559 g/mol. The Morgan fingerprint density at radius 1 is 0.857 bits per heavy atom. The molecule has 0 saturated carbocycles. The number of allylic oxidation sites excluding steroid dienone is 1. The number of aromatic amines is 2. The molecule has 5 rings (SSSR count). The van der Waals surface area contributed by atoms with Crippen molar-refractivity contribution < 1.29 is 0 Å². The third kappa shape index (κ3) is 6.98. The Bertz CT molecular complexity index is 1640. The second kappa shape index (κ2) is 13.4. The van der Waals surface area contributed by atoms with Crippen LogP contribution in [0.5, 0.6) is 0 Å². The Labute approximate surface area is 248 Å². The van der Waals surface area contributed by atoms with Crippen LogP contribution in [-0.2, 0) is 13.0 Å². The maximum absolute atomic E-state index is 4.63. The molecule has 7 heteroatoms. The van der Waals surface area contributed by atoms with Crippen molar-refractivity contribution in [3.63, 3.8) is 0 Å². The van der Waals surface area contributed by atoms with E-state index in [1.807, 2.05) is 12.4 Å². The second-order valence-electron chi connectivity index (χ2n) is 10.8. The van der Waals surface area contributed by atoms with Gasteiger partial charge in [-0.25, -0.2) is 15.0 Å². The SMILES string of the molecule is C=CN[C@@H](C)Cc1ncc(-c2ccc3cc(-c4ccc(-c5cnc(CN(CCC)NC(=C)CC)[nH]5)cc4)ccc3c2)[nH]1. The minimum absolute atomic E-state index is 0.276. The predicted octanol–water partition coefficient (Wildman–Crippen LogP) is 7.59. The van der Waals surface area contributed by atoms with E-state index in [0.717, 1.165) is 65.7 Å². The molecule has 0 aliphatic heterocycles. The molecule has 2 heterocycles. The molecule has 0 amide bonds. The third-order valence-corrected chi connectivity index (χ3v) is 7.42. The zero-order chi connectivity index (χ0) is 29.5. The average molecular weight is 560 g/mol. The molecule has 0 fully saturated rings. The van der Waals surface area contributed by atoms with Crippen LogP contribution < -0.4 is 10.7 Å². The molecule has 0 saturated heterocycles. The number of H-pyrrole nitrogens is 2. The molecule has 216 valence electrons. The van der Waals surface area contributed by atoms with Crippen molar-refractivity contribution in [1.29, 1.82) is 0 Å². The highest BCUT2D eigenvalue weighted by molar-refractivity contribution is 5.90. The fraction of sp³-hybridized carbons (Fsp3) is 0.257. The van der Waals surface area contributed by atoms with E-state index in [-0.39, 0.29) is 6.04 Å². The van der Waals surface area contributed by atoms with E-state index >= 15 is 0 Å². The molecule has 3 aromatic carbocycles. The van der Waals surface area contributed by atoms with Gasteiger partial charge in [0.05, 0.1) is 30.3 Å². The van der Waals surface area contributed by atoms with Gasteiger partial charge in [-0.15, -0.1) is 0 Å². The number of benzene rings is 3. The summed E-state index contributed by atoms with van der Waals surface area (Å²) in [5.41, 5.74) is 11.1. The quantitative estimate of drug-likeness (QED) is 0.105. The first-order chi connectivity index (χ1) is 20.4. The van der Waals surface area contributed by atoms with Gasteiger partial charge < -0.3 is 20.7 Å². The summed E-state index contributed by atoms with van der Waals surface area (Å²) in [5, 5.41) is 7.78. The van der Waals surface area contributed by atoms with Gasteiger partial charge in [0.25, 0.3) is 0 Å². The molecular weight excluding hydrogens is 518 g/mol. The summed E-state index contributed by atoms with van der Waals surface area (Å²) >= 11 is 0. The molecule has 7 nitrogen and oxygen atoms in total. The standard InChI is InChI=1S/C35H41N7/c1-6-17-42(41-24(4)7-2)23-35-38-21-32(40-35)27-11-9-26(10-12-27)28-13-14-30-20-31(16-15-29(30)19-28)33-22-37-34(39-33)18-25(5)36-8-3/h8-16,19-22,25,36,41H,3-4,6-7,17-18,23H2,1-2,5H3,(H,37,39)(H,38,40)/t25-/m0/s1. The van der Waals surface area contributed by atoms with Crippen LogP contribution in [0.1, 0.15) is 45.3 Å². The van der Waals surface area contributed by atoms with Gasteiger partial charge in [-0.3, -0.25) is 0 Å². The molecule has 0 aliphatic carbocycles. The van der Waals surface area contributed by atoms with E-state index in [4.69, 9.17) is 0 Å². The summed E-state index contributed by atoms with van der Waals surface area (Å²) in [5.74, 6) is 1.89. The topological polar surface area (TPSA) is 84.7 Å². The lowest BCUT2D eigenvalue weighted by atomic mass is 9.98. The first-order valence-corrected chi connectivity index (χ1v) is 14.7. The van der Waals surface area contributed by atoms with Gasteiger partial charge in [-0.1, -0.05) is 75.5 Å². The summed E-state index contributed by atoms with van der Waals surface area (Å²) in [6, 6.07) is 22.1. The van der Waals surface area contributed by atoms with Crippen LogP contribution in [0, 0.1) is 0 Å². The van der Waals surface area contributed by atoms with E-state index in [2.05, 4.69) is 130 Å². The van der Waals surface area contributed by atoms with Crippen molar-refractivity contribution >= 4 is 10.8 Å². The highest BCUT2D eigenvalue weighted by Gasteiger charge is 2.11. The number of hydrogen-bond acceptors (Lipinski definition) is 5. The van der Waals surface area contributed by atoms with Crippen LogP contribution in [0.3, 0.4) is 0 Å². The highest BCUT2D eigenvalue weighted by atomic mass is 15.5. The lowest BCUT2D eigenvalue weighted by Gasteiger charge is -2.23. The van der Waals surface area contributed by atoms with Crippen LogP contribution in [0.2, 0.25) is 0 Å². The largest absolute Gasteiger partial charge is 0.388 e. The van der Waals surface area contributed by atoms with Gasteiger partial charge in [0.1, 0.15) is 11.6 Å². The molecule has 0 radical (unpaired) electrons. The van der Waals surface area contributed by atoms with Gasteiger partial charge in [-0.2, -0.15) is 0 Å². The number of fused-ring (bicyclic) bond motifs is 1. The zero-order valence-electron chi connectivity index (χ0n) is 24.9. The van der Waals surface area contributed by atoms with Crippen LogP contribution >= 0.6 is 0 Å². The van der Waals surface area contributed by atoms with Gasteiger partial charge >= 0.3 is 0 Å². The van der Waals surface area contributed by atoms with Crippen molar-refractivity contribution in [3.05, 3.63) is 110 Å². The molecular formula is C35H41N7. The van der Waals surface area contributed by atoms with Crippen molar-refractivity contribution in [2.75, 3.05) is 6.54 Å². The molecule has 42 heavy (non-hydrogen) atoms. The molecule has 4 N–H and O–H groups in total. The minimum atomic E-state index is 0.276. The van der Waals surface area contributed by atoms with Crippen molar-refractivity contribution in [2.45, 2.75) is 52.6 Å². The van der Waals surface area contributed by atoms with Gasteiger partial charge in [0, 0.05) is 30.3 Å². The zero-order valence-corrected chi connectivity index (χ0v) is 24.9. The van der Waals surface area contributed by atoms with Crippen LogP contribution in [0.25, 0.3) is 44.4 Å². The number of hydrogen-bond donors (Lipinski definition) is 4. The van der Waals surface area contributed by atoms with E-state index in [9.17, 15) is 0 Å². The Kier molecular flexibility index (Phi) is 9.19. The predicted molar refractivity (Wildman–Crippen MR) is 174 cm³/mol. The van der Waals surface area contributed by atoms with Gasteiger partial charge in [-0.05, 0) is 65.6 Å². The maximum Gasteiger partial charge on any atom is 0.122 e. The summed E-state index contributed by atoms with van der Waals surface area (Å²) in [7, 11) is 0. The van der Waals surface area contributed by atoms with Crippen molar-refractivity contribution in [2.24, 2.45) is 0 Å². The molecule has 0 spiro atoms. The van der Waals surface area contributed by atoms with Gasteiger partial charge in [0.2, 0.25) is 0 Å². The minimum Gasteiger partial charge on any atom is -0.388 e. The van der Waals surface area contributed by atoms with Crippen LogP contribution in [0.15, 0.2) is 98.1 Å². The molecule has 2 aromatic heterocycles. The number of nitrogens with zero attached hydrogens (tertiary/aromatic N) is 3. The second-order valence-corrected chi connectivity index (χ2v) is 10.8. The number of nitrogens with one attached hydrogen (secondary N) is 4. The fourth-order valence-corrected chi connectivity index (χ4v) is 5.12. The smallest absolute Gasteiger partial charge is 0.122 e. The van der Waals surface area contributed by atoms with E-state index in [0.29, 0.717) is 6.54 Å². The first kappa shape index (κ1) is 28.9. The van der Waals surface area contributed by atoms with Crippen molar-refractivity contribution in [1.82, 2.24) is 35.7 Å². The number of aromatic nitrogens is 4. The summed E-state index contributed by atoms with van der Waals surface area (Å²) in [4.78, 5) is 16.2. The average Bonchev–Trinajstić information content (AvgIpc) is 3.67. The normalized spacial score (nSPS) is 12.0.